The van der Waals surface area contributed by atoms with Crippen molar-refractivity contribution in [2.75, 3.05) is 74.5 Å². The van der Waals surface area contributed by atoms with E-state index in [1.165, 1.54) is 5.56 Å². The number of rotatable bonds is 4. The highest BCUT2D eigenvalue weighted by molar-refractivity contribution is 5.89. The lowest BCUT2D eigenvalue weighted by Crippen LogP contribution is -2.50. The maximum atomic E-state index is 12.7. The summed E-state index contributed by atoms with van der Waals surface area (Å²) in [6, 6.07) is 10.1. The van der Waals surface area contributed by atoms with Crippen molar-refractivity contribution in [1.82, 2.24) is 19.8 Å². The zero-order chi connectivity index (χ0) is 21.8. The molecule has 166 valence electrons. The van der Waals surface area contributed by atoms with Crippen LogP contribution in [0.2, 0.25) is 0 Å². The number of urea groups is 1. The van der Waals surface area contributed by atoms with Gasteiger partial charge in [-0.2, -0.15) is 4.98 Å². The second-order valence-electron chi connectivity index (χ2n) is 8.41. The molecule has 0 saturated carbocycles. The van der Waals surface area contributed by atoms with Crippen LogP contribution in [0.4, 0.5) is 22.2 Å². The lowest BCUT2D eigenvalue weighted by atomic mass is 10.1. The minimum absolute atomic E-state index is 0.0489. The number of benzene rings is 1. The van der Waals surface area contributed by atoms with Gasteiger partial charge < -0.3 is 24.9 Å². The number of amides is 2. The molecule has 0 bridgehead atoms. The first kappa shape index (κ1) is 21.4. The van der Waals surface area contributed by atoms with Crippen molar-refractivity contribution in [2.24, 2.45) is 0 Å². The number of anilines is 3. The van der Waals surface area contributed by atoms with Gasteiger partial charge in [0.15, 0.2) is 0 Å². The molecular weight excluding hydrogens is 390 g/mol. The van der Waals surface area contributed by atoms with Crippen molar-refractivity contribution >= 4 is 23.5 Å². The number of carbonyl (C=O) groups is 1. The highest BCUT2D eigenvalue weighted by atomic mass is 16.2. The number of aromatic nitrogens is 2. The van der Waals surface area contributed by atoms with Gasteiger partial charge in [-0.3, -0.25) is 0 Å². The van der Waals surface area contributed by atoms with Crippen LogP contribution in [0.1, 0.15) is 18.2 Å². The molecule has 0 radical (unpaired) electrons. The Kier molecular flexibility index (Phi) is 6.56. The first-order chi connectivity index (χ1) is 15.0. The molecule has 0 unspecified atom stereocenters. The van der Waals surface area contributed by atoms with Gasteiger partial charge in [-0.05, 0) is 38.1 Å². The second-order valence-corrected chi connectivity index (χ2v) is 8.41. The van der Waals surface area contributed by atoms with Gasteiger partial charge in [0.05, 0.1) is 0 Å². The predicted octanol–water partition coefficient (Wildman–Crippen LogP) is 2.45. The SMILES string of the molecule is CCc1ccc(NC(=O)N2CCN(c3nc(C)cc(N4CCN(C)CC4)n3)CC2)cc1. The van der Waals surface area contributed by atoms with Crippen LogP contribution in [0.5, 0.6) is 0 Å². The number of likely N-dealkylation sites (N-methyl/N-ethyl adjacent to an activating group) is 1. The zero-order valence-electron chi connectivity index (χ0n) is 18.8. The Morgan fingerprint density at radius 3 is 2.23 bits per heavy atom. The zero-order valence-corrected chi connectivity index (χ0v) is 18.8. The van der Waals surface area contributed by atoms with E-state index in [1.807, 2.05) is 24.0 Å². The maximum absolute atomic E-state index is 12.7. The normalized spacial score (nSPS) is 17.7. The van der Waals surface area contributed by atoms with Crippen molar-refractivity contribution in [3.63, 3.8) is 0 Å². The fraction of sp³-hybridized carbons (Fsp3) is 0.522. The summed E-state index contributed by atoms with van der Waals surface area (Å²) in [6.45, 7) is 11.0. The lowest BCUT2D eigenvalue weighted by Gasteiger charge is -2.36. The van der Waals surface area contributed by atoms with Gasteiger partial charge >= 0.3 is 6.03 Å². The Labute approximate surface area is 184 Å². The molecule has 0 spiro atoms. The molecule has 0 atom stereocenters. The van der Waals surface area contributed by atoms with E-state index in [-0.39, 0.29) is 6.03 Å². The number of carbonyl (C=O) groups excluding carboxylic acids is 1. The van der Waals surface area contributed by atoms with Crippen molar-refractivity contribution in [3.8, 4) is 0 Å². The number of hydrogen-bond donors (Lipinski definition) is 1. The molecule has 1 aromatic heterocycles. The van der Waals surface area contributed by atoms with Gasteiger partial charge in [0.1, 0.15) is 5.82 Å². The molecular formula is C23H33N7O. The largest absolute Gasteiger partial charge is 0.354 e. The predicted molar refractivity (Wildman–Crippen MR) is 125 cm³/mol. The summed E-state index contributed by atoms with van der Waals surface area (Å²) in [6.07, 6.45) is 0.994. The quantitative estimate of drug-likeness (QED) is 0.815. The highest BCUT2D eigenvalue weighted by Crippen LogP contribution is 2.20. The van der Waals surface area contributed by atoms with Crippen LogP contribution in [0.25, 0.3) is 0 Å². The Hall–Kier alpha value is -2.87. The summed E-state index contributed by atoms with van der Waals surface area (Å²) < 4.78 is 0. The van der Waals surface area contributed by atoms with E-state index in [4.69, 9.17) is 4.98 Å². The van der Waals surface area contributed by atoms with E-state index >= 15 is 0 Å². The highest BCUT2D eigenvalue weighted by Gasteiger charge is 2.24. The fourth-order valence-corrected chi connectivity index (χ4v) is 4.01. The molecule has 1 N–H and O–H groups in total. The van der Waals surface area contributed by atoms with Crippen LogP contribution in [0, 0.1) is 6.92 Å². The topological polar surface area (TPSA) is 67.8 Å². The number of hydrogen-bond acceptors (Lipinski definition) is 6. The third kappa shape index (κ3) is 5.25. The summed E-state index contributed by atoms with van der Waals surface area (Å²) >= 11 is 0. The number of piperazine rings is 2. The standard InChI is InChI=1S/C23H33N7O/c1-4-19-5-7-20(8-6-19)25-23(31)30-15-13-29(14-16-30)22-24-18(2)17-21(26-22)28-11-9-27(3)10-12-28/h5-8,17H,4,9-16H2,1-3H3,(H,25,31). The van der Waals surface area contributed by atoms with Crippen molar-refractivity contribution in [1.29, 1.82) is 0 Å². The van der Waals surface area contributed by atoms with E-state index in [9.17, 15) is 4.79 Å². The molecule has 8 nitrogen and oxygen atoms in total. The molecule has 4 rings (SSSR count). The van der Waals surface area contributed by atoms with Crippen LogP contribution >= 0.6 is 0 Å². The molecule has 2 saturated heterocycles. The van der Waals surface area contributed by atoms with E-state index in [2.05, 4.69) is 57.2 Å². The smallest absolute Gasteiger partial charge is 0.321 e. The molecule has 31 heavy (non-hydrogen) atoms. The molecule has 2 aliphatic rings. The number of nitrogens with one attached hydrogen (secondary N) is 1. The maximum Gasteiger partial charge on any atom is 0.321 e. The third-order valence-corrected chi connectivity index (χ3v) is 6.12. The monoisotopic (exact) mass is 423 g/mol. The summed E-state index contributed by atoms with van der Waals surface area (Å²) in [5.74, 6) is 1.77. The minimum atomic E-state index is -0.0489. The Balaban J connectivity index is 1.35. The van der Waals surface area contributed by atoms with Gasteiger partial charge in [0.2, 0.25) is 5.95 Å². The molecule has 2 fully saturated rings. The summed E-state index contributed by atoms with van der Waals surface area (Å²) in [5.41, 5.74) is 3.08. The average molecular weight is 424 g/mol. The molecule has 2 aliphatic heterocycles. The van der Waals surface area contributed by atoms with E-state index in [0.717, 1.165) is 68.8 Å². The van der Waals surface area contributed by atoms with Crippen molar-refractivity contribution in [3.05, 3.63) is 41.6 Å². The fourth-order valence-electron chi connectivity index (χ4n) is 4.01. The second kappa shape index (κ2) is 9.51. The average Bonchev–Trinajstić information content (AvgIpc) is 2.80. The number of aryl methyl sites for hydroxylation is 2. The van der Waals surface area contributed by atoms with Gasteiger partial charge in [-0.25, -0.2) is 9.78 Å². The first-order valence-corrected chi connectivity index (χ1v) is 11.2. The molecule has 2 amide bonds. The molecule has 0 aliphatic carbocycles. The van der Waals surface area contributed by atoms with Crippen LogP contribution in [0.3, 0.4) is 0 Å². The van der Waals surface area contributed by atoms with Gasteiger partial charge in [-0.1, -0.05) is 19.1 Å². The summed E-state index contributed by atoms with van der Waals surface area (Å²) in [5, 5.41) is 3.01. The van der Waals surface area contributed by atoms with Crippen molar-refractivity contribution < 1.29 is 4.79 Å². The van der Waals surface area contributed by atoms with E-state index < -0.39 is 0 Å². The minimum Gasteiger partial charge on any atom is -0.354 e. The molecule has 8 heteroatoms. The Morgan fingerprint density at radius 1 is 0.935 bits per heavy atom. The summed E-state index contributed by atoms with van der Waals surface area (Å²) in [4.78, 5) is 30.9. The lowest BCUT2D eigenvalue weighted by molar-refractivity contribution is 0.208. The van der Waals surface area contributed by atoms with E-state index in [1.54, 1.807) is 0 Å². The van der Waals surface area contributed by atoms with Crippen LogP contribution in [0.15, 0.2) is 30.3 Å². The number of nitrogens with zero attached hydrogens (tertiary/aromatic N) is 6. The van der Waals surface area contributed by atoms with Crippen LogP contribution in [-0.4, -0.2) is 85.2 Å². The Morgan fingerprint density at radius 2 is 1.58 bits per heavy atom. The molecule has 1 aromatic carbocycles. The summed E-state index contributed by atoms with van der Waals surface area (Å²) in [7, 11) is 2.16. The van der Waals surface area contributed by atoms with Gasteiger partial charge in [0.25, 0.3) is 0 Å². The first-order valence-electron chi connectivity index (χ1n) is 11.2. The van der Waals surface area contributed by atoms with Crippen molar-refractivity contribution in [2.45, 2.75) is 20.3 Å². The van der Waals surface area contributed by atoms with Gasteiger partial charge in [0, 0.05) is 69.8 Å². The van der Waals surface area contributed by atoms with Crippen LogP contribution < -0.4 is 15.1 Å². The van der Waals surface area contributed by atoms with Crippen LogP contribution in [-0.2, 0) is 6.42 Å². The molecule has 2 aromatic rings. The molecule has 3 heterocycles. The Bertz CT molecular complexity index is 885. The van der Waals surface area contributed by atoms with Gasteiger partial charge in [-0.15, -0.1) is 0 Å². The third-order valence-electron chi connectivity index (χ3n) is 6.12. The van der Waals surface area contributed by atoms with E-state index in [0.29, 0.717) is 13.1 Å².